The van der Waals surface area contributed by atoms with Crippen LogP contribution in [0.3, 0.4) is 0 Å². The molecule has 0 unspecified atom stereocenters. The maximum absolute atomic E-state index is 11.3. The van der Waals surface area contributed by atoms with E-state index in [2.05, 4.69) is 5.32 Å². The van der Waals surface area contributed by atoms with Gasteiger partial charge in [0.1, 0.15) is 0 Å². The second kappa shape index (κ2) is 9.85. The number of aliphatic hydroxyl groups excluding tert-OH is 2. The molecule has 4 nitrogen and oxygen atoms in total. The number of hydrogen-bond acceptors (Lipinski definition) is 3. The zero-order valence-corrected chi connectivity index (χ0v) is 11.5. The van der Waals surface area contributed by atoms with E-state index in [1.165, 1.54) is 6.08 Å². The molecule has 0 aliphatic heterocycles. The molecule has 0 radical (unpaired) electrons. The Hall–Kier alpha value is -1.13. The number of carbonyl (C=O) groups excluding carboxylic acids is 1. The highest BCUT2D eigenvalue weighted by molar-refractivity contribution is 5.87. The fourth-order valence-electron chi connectivity index (χ4n) is 1.21. The second-order valence-corrected chi connectivity index (χ2v) is 4.81. The summed E-state index contributed by atoms with van der Waals surface area (Å²) < 4.78 is 0. The van der Waals surface area contributed by atoms with Gasteiger partial charge in [0, 0.05) is 6.54 Å². The van der Waals surface area contributed by atoms with E-state index in [9.17, 15) is 9.90 Å². The monoisotopic (exact) mass is 255 g/mol. The number of allylic oxidation sites excluding steroid dienone is 1. The third-order valence-corrected chi connectivity index (χ3v) is 2.19. The summed E-state index contributed by atoms with van der Waals surface area (Å²) in [5.74, 6) is 0.340. The summed E-state index contributed by atoms with van der Waals surface area (Å²) in [5.41, 5.74) is 0. The van der Waals surface area contributed by atoms with Gasteiger partial charge >= 0.3 is 0 Å². The van der Waals surface area contributed by atoms with Crippen LogP contribution in [-0.4, -0.2) is 34.9 Å². The highest BCUT2D eigenvalue weighted by Crippen LogP contribution is 2.00. The molecule has 0 spiro atoms. The van der Waals surface area contributed by atoms with E-state index < -0.39 is 12.2 Å². The molecule has 2 atom stereocenters. The van der Waals surface area contributed by atoms with E-state index in [4.69, 9.17) is 5.11 Å². The molecule has 0 aromatic carbocycles. The predicted octanol–water partition coefficient (Wildman–Crippen LogP) is 1.39. The van der Waals surface area contributed by atoms with Gasteiger partial charge in [-0.2, -0.15) is 0 Å². The predicted molar refractivity (Wildman–Crippen MR) is 73.0 cm³/mol. The van der Waals surface area contributed by atoms with Crippen molar-refractivity contribution in [2.45, 2.75) is 45.8 Å². The van der Waals surface area contributed by atoms with Crippen molar-refractivity contribution >= 4 is 5.91 Å². The summed E-state index contributed by atoms with van der Waals surface area (Å²) >= 11 is 0. The summed E-state index contributed by atoms with van der Waals surface area (Å²) in [5, 5.41) is 21.3. The summed E-state index contributed by atoms with van der Waals surface area (Å²) in [6.07, 6.45) is 6.39. The molecule has 0 saturated carbocycles. The van der Waals surface area contributed by atoms with Gasteiger partial charge in [0.25, 0.3) is 0 Å². The molecule has 0 heterocycles. The minimum Gasteiger partial charge on any atom is -0.389 e. The first kappa shape index (κ1) is 16.9. The molecule has 0 aromatic rings. The Bertz CT molecular complexity index is 283. The third kappa shape index (κ3) is 11.4. The van der Waals surface area contributed by atoms with Crippen LogP contribution in [0.4, 0.5) is 0 Å². The minimum absolute atomic E-state index is 0.0993. The van der Waals surface area contributed by atoms with Gasteiger partial charge in [0.05, 0.1) is 12.2 Å². The van der Waals surface area contributed by atoms with E-state index in [0.717, 1.165) is 0 Å². The van der Waals surface area contributed by atoms with Crippen LogP contribution in [0.5, 0.6) is 0 Å². The Morgan fingerprint density at radius 3 is 2.44 bits per heavy atom. The molecule has 0 bridgehead atoms. The number of nitrogens with one attached hydrogen (secondary N) is 1. The first-order valence-corrected chi connectivity index (χ1v) is 6.40. The normalized spacial score (nSPS) is 15.4. The molecular weight excluding hydrogens is 230 g/mol. The van der Waals surface area contributed by atoms with Crippen LogP contribution in [0.2, 0.25) is 0 Å². The lowest BCUT2D eigenvalue weighted by Gasteiger charge is -2.05. The Morgan fingerprint density at radius 1 is 1.22 bits per heavy atom. The summed E-state index contributed by atoms with van der Waals surface area (Å²) in [7, 11) is 0. The van der Waals surface area contributed by atoms with E-state index in [0.29, 0.717) is 25.3 Å². The van der Waals surface area contributed by atoms with Crippen molar-refractivity contribution in [1.29, 1.82) is 0 Å². The lowest BCUT2D eigenvalue weighted by atomic mass is 10.1. The van der Waals surface area contributed by atoms with E-state index in [1.807, 2.05) is 13.8 Å². The SMILES string of the molecule is CC(C)CNC(=O)C=CCC[C@@H](O)C=C[C@@H](C)O. The zero-order valence-electron chi connectivity index (χ0n) is 11.5. The smallest absolute Gasteiger partial charge is 0.243 e. The van der Waals surface area contributed by atoms with Gasteiger partial charge in [-0.05, 0) is 31.8 Å². The van der Waals surface area contributed by atoms with Gasteiger partial charge in [0.15, 0.2) is 0 Å². The van der Waals surface area contributed by atoms with Crippen molar-refractivity contribution in [2.24, 2.45) is 5.92 Å². The van der Waals surface area contributed by atoms with Gasteiger partial charge in [-0.15, -0.1) is 0 Å². The molecule has 1 amide bonds. The fraction of sp³-hybridized carbons (Fsp3) is 0.643. The lowest BCUT2D eigenvalue weighted by Crippen LogP contribution is -2.25. The molecule has 4 heteroatoms. The molecule has 0 aliphatic rings. The van der Waals surface area contributed by atoms with Crippen molar-refractivity contribution in [3.8, 4) is 0 Å². The molecule has 0 aromatic heterocycles. The molecule has 3 N–H and O–H groups in total. The first-order chi connectivity index (χ1) is 8.41. The van der Waals surface area contributed by atoms with Crippen LogP contribution in [0.15, 0.2) is 24.3 Å². The average Bonchev–Trinajstić information content (AvgIpc) is 2.29. The number of rotatable bonds is 8. The van der Waals surface area contributed by atoms with Gasteiger partial charge in [-0.25, -0.2) is 0 Å². The topological polar surface area (TPSA) is 69.6 Å². The van der Waals surface area contributed by atoms with Crippen LogP contribution < -0.4 is 5.32 Å². The maximum atomic E-state index is 11.3. The fourth-order valence-corrected chi connectivity index (χ4v) is 1.21. The van der Waals surface area contributed by atoms with Crippen molar-refractivity contribution in [3.05, 3.63) is 24.3 Å². The zero-order chi connectivity index (χ0) is 14.0. The molecule has 0 rings (SSSR count). The molecular formula is C14H25NO3. The molecule has 0 aliphatic carbocycles. The van der Waals surface area contributed by atoms with Gasteiger partial charge < -0.3 is 15.5 Å². The van der Waals surface area contributed by atoms with Crippen molar-refractivity contribution < 1.29 is 15.0 Å². The lowest BCUT2D eigenvalue weighted by molar-refractivity contribution is -0.116. The van der Waals surface area contributed by atoms with Crippen LogP contribution in [0, 0.1) is 5.92 Å². The van der Waals surface area contributed by atoms with Gasteiger partial charge in [0.2, 0.25) is 5.91 Å². The van der Waals surface area contributed by atoms with Crippen LogP contribution >= 0.6 is 0 Å². The van der Waals surface area contributed by atoms with Crippen molar-refractivity contribution in [2.75, 3.05) is 6.54 Å². The maximum Gasteiger partial charge on any atom is 0.243 e. The van der Waals surface area contributed by atoms with Crippen LogP contribution in [0.25, 0.3) is 0 Å². The Kier molecular flexibility index (Phi) is 9.24. The van der Waals surface area contributed by atoms with E-state index >= 15 is 0 Å². The number of carbonyl (C=O) groups is 1. The Balaban J connectivity index is 3.73. The van der Waals surface area contributed by atoms with Crippen LogP contribution in [0.1, 0.15) is 33.6 Å². The van der Waals surface area contributed by atoms with Crippen molar-refractivity contribution in [3.63, 3.8) is 0 Å². The Labute approximate surface area is 109 Å². The second-order valence-electron chi connectivity index (χ2n) is 4.81. The van der Waals surface area contributed by atoms with E-state index in [-0.39, 0.29) is 5.91 Å². The number of amides is 1. The third-order valence-electron chi connectivity index (χ3n) is 2.19. The summed E-state index contributed by atoms with van der Waals surface area (Å²) in [6.45, 7) is 6.37. The molecule has 0 fully saturated rings. The molecule has 18 heavy (non-hydrogen) atoms. The van der Waals surface area contributed by atoms with Crippen LogP contribution in [-0.2, 0) is 4.79 Å². The van der Waals surface area contributed by atoms with E-state index in [1.54, 1.807) is 25.2 Å². The Morgan fingerprint density at radius 2 is 1.89 bits per heavy atom. The number of hydrogen-bond donors (Lipinski definition) is 3. The molecule has 0 saturated heterocycles. The largest absolute Gasteiger partial charge is 0.389 e. The van der Waals surface area contributed by atoms with Gasteiger partial charge in [-0.1, -0.05) is 32.1 Å². The summed E-state index contributed by atoms with van der Waals surface area (Å²) in [4.78, 5) is 11.3. The molecule has 104 valence electrons. The minimum atomic E-state index is -0.581. The highest BCUT2D eigenvalue weighted by Gasteiger charge is 1.99. The number of aliphatic hydroxyl groups is 2. The van der Waals surface area contributed by atoms with Gasteiger partial charge in [-0.3, -0.25) is 4.79 Å². The average molecular weight is 255 g/mol. The van der Waals surface area contributed by atoms with Crippen molar-refractivity contribution in [1.82, 2.24) is 5.32 Å². The highest BCUT2D eigenvalue weighted by atomic mass is 16.3. The standard InChI is InChI=1S/C14H25NO3/c1-11(2)10-15-14(18)7-5-4-6-13(17)9-8-12(3)16/h5,7-9,11-13,16-17H,4,6,10H2,1-3H3,(H,15,18)/t12-,13-/m1/s1. The first-order valence-electron chi connectivity index (χ1n) is 6.40. The summed E-state index contributed by atoms with van der Waals surface area (Å²) in [6, 6.07) is 0. The quantitative estimate of drug-likeness (QED) is 0.453.